The number of aldehydes is 1. The van der Waals surface area contributed by atoms with Crippen molar-refractivity contribution in [2.45, 2.75) is 140 Å². The standard InChI is InChI=1S/C15H18O3.C14H18O2.C14H16O2.C10H7BrO3.C5H13BO2.C4H8O.C4H10O.Al.Li.4H/c1-10(2)4-5-11-6-7-12-9-14(15(16)17-3)18-13(12)8-11;2*1-10(2)3-4-11-5-6-12-8-13(9-15)16-14(12)7-11;1-13-10(12)9-4-6-2-3-7(11)5-8(6)14-9;1-5(2)3-4-6(7)8;1-2-4-5-3-1;1-3-5-4-2;;;;;;/h6-10H,4-5H2,1-3H3;5-8,10,15H,3-4,9H2,1-2H3;5-10H,3-4H2,1-2H3;2-5H,1H3;5,7-8H,3-4H2,1-2H3;1-4H2;3-4H2,1-2H3;;;;;;/q;;;;;;;;+1;;;;-1. The van der Waals surface area contributed by atoms with Gasteiger partial charge in [0.2, 0.25) is 11.5 Å². The Morgan fingerprint density at radius 3 is 1.32 bits per heavy atom. The van der Waals surface area contributed by atoms with E-state index in [9.17, 15) is 14.4 Å². The van der Waals surface area contributed by atoms with Crippen molar-refractivity contribution in [3.05, 3.63) is 141 Å². The van der Waals surface area contributed by atoms with E-state index in [0.29, 0.717) is 41.2 Å². The molecule has 0 amide bonds. The molecule has 0 saturated carbocycles. The van der Waals surface area contributed by atoms with Crippen LogP contribution in [0, 0.1) is 23.7 Å². The van der Waals surface area contributed by atoms with Crippen molar-refractivity contribution in [3.63, 3.8) is 0 Å². The Hall–Kier alpha value is -4.88. The Morgan fingerprint density at radius 1 is 0.583 bits per heavy atom. The summed E-state index contributed by atoms with van der Waals surface area (Å²) in [5, 5.41) is 29.6. The van der Waals surface area contributed by atoms with Crippen LogP contribution in [-0.2, 0) is 44.8 Å². The molecule has 9 rings (SSSR count). The Labute approximate surface area is 531 Å². The number of esters is 2. The molecule has 5 heterocycles. The largest absolute Gasteiger partial charge is 1.00 e. The zero-order chi connectivity index (χ0) is 60.6. The van der Waals surface area contributed by atoms with E-state index in [0.717, 1.165) is 114 Å². The van der Waals surface area contributed by atoms with Gasteiger partial charge in [0.15, 0.2) is 29.4 Å². The maximum atomic E-state index is 11.4. The number of carbonyl (C=O) groups is 3. The van der Waals surface area contributed by atoms with Gasteiger partial charge in [0.25, 0.3) is 0 Å². The second kappa shape index (κ2) is 42.9. The smallest absolute Gasteiger partial charge is 1.00 e. The predicted octanol–water partition coefficient (Wildman–Crippen LogP) is 12.4. The minimum absolute atomic E-state index is 0. The molecule has 4 aromatic carbocycles. The first-order valence-electron chi connectivity index (χ1n) is 28.7. The van der Waals surface area contributed by atoms with Gasteiger partial charge in [-0.15, -0.1) is 0 Å². The molecule has 0 spiro atoms. The average Bonchev–Trinajstić information content (AvgIpc) is 3.59. The van der Waals surface area contributed by atoms with Gasteiger partial charge >= 0.3 is 37.9 Å². The first kappa shape index (κ1) is 77.1. The number of aliphatic hydroxyl groups is 1. The van der Waals surface area contributed by atoms with Crippen molar-refractivity contribution in [3.8, 4) is 0 Å². The third kappa shape index (κ3) is 30.0. The van der Waals surface area contributed by atoms with Crippen LogP contribution in [0.25, 0.3) is 43.9 Å². The SMILES string of the molecule is C1CCOC1.CC(C)CCB(O)O.CC(C)CCc1ccc2cc(C=O)oc2c1.CC(C)CCc1ccc2cc(CO)oc2c1.CCOCC.COC(=O)c1cc2ccc(Br)cc2o1.COC(=O)c1cc2ccc(CCC(C)C)cc2o1.[AlH3].[H-].[Li+]. The molecule has 1 saturated heterocycles. The molecule has 0 atom stereocenters. The number of rotatable bonds is 18. The summed E-state index contributed by atoms with van der Waals surface area (Å²) in [6.45, 7) is 25.1. The van der Waals surface area contributed by atoms with Crippen molar-refractivity contribution in [1.82, 2.24) is 0 Å². The number of aryl methyl sites for hydroxylation is 3. The fraction of sp³-hybridized carbons (Fsp3) is 0.470. The maximum absolute atomic E-state index is 11.4. The van der Waals surface area contributed by atoms with Gasteiger partial charge in [-0.05, 0) is 173 Å². The Kier molecular flexibility index (Phi) is 39.4. The van der Waals surface area contributed by atoms with Crippen LogP contribution in [0.2, 0.25) is 6.32 Å². The number of furan rings is 4. The minimum atomic E-state index is -1.11. The molecular formula is C66H94AlBBrLiO14. The molecule has 0 unspecified atom stereocenters. The van der Waals surface area contributed by atoms with Crippen LogP contribution in [0.1, 0.15) is 163 Å². The molecule has 1 fully saturated rings. The van der Waals surface area contributed by atoms with Crippen molar-refractivity contribution < 1.29 is 86.4 Å². The fourth-order valence-electron chi connectivity index (χ4n) is 7.87. The van der Waals surface area contributed by atoms with E-state index in [1.54, 1.807) is 18.2 Å². The maximum Gasteiger partial charge on any atom is 1.00 e. The summed E-state index contributed by atoms with van der Waals surface area (Å²) in [4.78, 5) is 33.1. The number of aliphatic hydroxyl groups excluding tert-OH is 1. The Bertz CT molecular complexity index is 3070. The number of methoxy groups -OCH3 is 2. The van der Waals surface area contributed by atoms with Gasteiger partial charge < -0.3 is 53.2 Å². The quantitative estimate of drug-likeness (QED) is 0.0416. The van der Waals surface area contributed by atoms with Gasteiger partial charge in [-0.1, -0.05) is 114 Å². The number of fused-ring (bicyclic) bond motifs is 4. The van der Waals surface area contributed by atoms with Crippen LogP contribution in [0.15, 0.2) is 119 Å². The summed E-state index contributed by atoms with van der Waals surface area (Å²) in [7, 11) is 1.56. The summed E-state index contributed by atoms with van der Waals surface area (Å²) < 4.78 is 41.6. The number of benzene rings is 4. The second-order valence-electron chi connectivity index (χ2n) is 21.5. The summed E-state index contributed by atoms with van der Waals surface area (Å²) in [6.07, 6.45) is 11.4. The van der Waals surface area contributed by atoms with Crippen LogP contribution in [-0.4, -0.2) is 98.5 Å². The van der Waals surface area contributed by atoms with Crippen molar-refractivity contribution in [1.29, 1.82) is 0 Å². The van der Waals surface area contributed by atoms with Gasteiger partial charge in [-0.25, -0.2) is 9.59 Å². The fourth-order valence-corrected chi connectivity index (χ4v) is 8.22. The first-order chi connectivity index (χ1) is 39.2. The van der Waals surface area contributed by atoms with E-state index in [-0.39, 0.29) is 55.8 Å². The molecule has 0 radical (unpaired) electrons. The molecule has 84 heavy (non-hydrogen) atoms. The monoisotopic (exact) mass is 1230 g/mol. The van der Waals surface area contributed by atoms with Crippen molar-refractivity contribution >= 4 is 103 Å². The number of ether oxygens (including phenoxy) is 4. The van der Waals surface area contributed by atoms with Crippen LogP contribution in [0.4, 0.5) is 0 Å². The third-order valence-electron chi connectivity index (χ3n) is 12.6. The molecule has 1 aliphatic rings. The number of carbonyl (C=O) groups excluding carboxylic acids is 3. The predicted molar refractivity (Wildman–Crippen MR) is 344 cm³/mol. The molecule has 18 heteroatoms. The summed E-state index contributed by atoms with van der Waals surface area (Å²) in [5.41, 5.74) is 6.92. The van der Waals surface area contributed by atoms with E-state index in [2.05, 4.69) is 111 Å². The molecule has 0 aliphatic carbocycles. The molecule has 0 bridgehead atoms. The molecule has 8 aromatic rings. The van der Waals surface area contributed by atoms with E-state index >= 15 is 0 Å². The van der Waals surface area contributed by atoms with E-state index in [1.165, 1.54) is 56.6 Å². The molecule has 1 aliphatic heterocycles. The number of halogens is 1. The van der Waals surface area contributed by atoms with Crippen LogP contribution < -0.4 is 18.9 Å². The van der Waals surface area contributed by atoms with Gasteiger partial charge in [0.1, 0.15) is 34.7 Å². The van der Waals surface area contributed by atoms with Gasteiger partial charge in [-0.3, -0.25) is 4.79 Å². The summed E-state index contributed by atoms with van der Waals surface area (Å²) >= 11 is 3.32. The molecule has 4 aromatic heterocycles. The van der Waals surface area contributed by atoms with Crippen LogP contribution in [0.5, 0.6) is 0 Å². The number of hydrogen-bond acceptors (Lipinski definition) is 14. The topological polar surface area (TPSA) is 201 Å². The van der Waals surface area contributed by atoms with E-state index < -0.39 is 19.1 Å². The third-order valence-corrected chi connectivity index (χ3v) is 13.1. The summed E-state index contributed by atoms with van der Waals surface area (Å²) in [6, 6.07) is 31.1. The molecule has 14 nitrogen and oxygen atoms in total. The van der Waals surface area contributed by atoms with E-state index in [1.807, 2.05) is 62.4 Å². The molecule has 3 N–H and O–H groups in total. The van der Waals surface area contributed by atoms with Crippen LogP contribution >= 0.6 is 15.9 Å². The van der Waals surface area contributed by atoms with Crippen molar-refractivity contribution in [2.75, 3.05) is 40.6 Å². The average molecular weight is 1240 g/mol. The normalized spacial score (nSPS) is 11.3. The summed E-state index contributed by atoms with van der Waals surface area (Å²) in [5.74, 6) is 3.30. The zero-order valence-electron chi connectivity index (χ0n) is 52.5. The van der Waals surface area contributed by atoms with Crippen LogP contribution in [0.3, 0.4) is 0 Å². The van der Waals surface area contributed by atoms with E-state index in [4.69, 9.17) is 42.3 Å². The zero-order valence-corrected chi connectivity index (χ0v) is 53.1. The Balaban J connectivity index is 0.00000100. The minimum Gasteiger partial charge on any atom is -1.00 e. The molecular weight excluding hydrogens is 1140 g/mol. The van der Waals surface area contributed by atoms with Gasteiger partial charge in [0.05, 0.1) is 14.2 Å². The molecule has 456 valence electrons. The number of hydrogen-bond donors (Lipinski definition) is 3. The van der Waals surface area contributed by atoms with Gasteiger partial charge in [0, 0.05) is 52.4 Å². The first-order valence-corrected chi connectivity index (χ1v) is 29.5. The Morgan fingerprint density at radius 2 is 0.976 bits per heavy atom. The second-order valence-corrected chi connectivity index (χ2v) is 22.4. The van der Waals surface area contributed by atoms with Crippen molar-refractivity contribution in [2.24, 2.45) is 23.7 Å². The van der Waals surface area contributed by atoms with Gasteiger partial charge in [-0.2, -0.15) is 0 Å².